The lowest BCUT2D eigenvalue weighted by Gasteiger charge is -2.07. The highest BCUT2D eigenvalue weighted by Crippen LogP contribution is 2.08. The molecule has 2 aromatic rings. The molecule has 1 heterocycles. The van der Waals surface area contributed by atoms with E-state index < -0.39 is 0 Å². The maximum Gasteiger partial charge on any atom is 0.244 e. The molecule has 0 saturated carbocycles. The number of nitrogens with one attached hydrogen (secondary N) is 1. The predicted molar refractivity (Wildman–Crippen MR) is 64.8 cm³/mol. The number of carbonyl (C=O) groups is 2. The van der Waals surface area contributed by atoms with Gasteiger partial charge in [-0.1, -0.05) is 0 Å². The van der Waals surface area contributed by atoms with Gasteiger partial charge in [-0.25, -0.2) is 4.39 Å². The number of aldehydes is 1. The Kier molecular flexibility index (Phi) is 3.52. The van der Waals surface area contributed by atoms with Crippen molar-refractivity contribution in [2.75, 3.05) is 5.32 Å². The van der Waals surface area contributed by atoms with Crippen LogP contribution < -0.4 is 5.32 Å². The molecule has 0 saturated heterocycles. The third-order valence-corrected chi connectivity index (χ3v) is 2.43. The molecule has 0 aliphatic rings. The monoisotopic (exact) mass is 246 g/mol. The predicted octanol–water partition coefficient (Wildman–Crippen LogP) is 2.08. The molecule has 1 aromatic carbocycles. The van der Waals surface area contributed by atoms with Crippen molar-refractivity contribution in [1.29, 1.82) is 0 Å². The van der Waals surface area contributed by atoms with Crippen molar-refractivity contribution < 1.29 is 14.0 Å². The number of nitrogens with zero attached hydrogens (tertiary/aromatic N) is 1. The Morgan fingerprint density at radius 3 is 2.67 bits per heavy atom. The number of carbonyl (C=O) groups excluding carboxylic acids is 2. The average Bonchev–Trinajstić information content (AvgIpc) is 2.79. The Morgan fingerprint density at radius 1 is 1.28 bits per heavy atom. The minimum atomic E-state index is -0.360. The Labute approximate surface area is 103 Å². The second-order valence-electron chi connectivity index (χ2n) is 3.73. The molecule has 18 heavy (non-hydrogen) atoms. The summed E-state index contributed by atoms with van der Waals surface area (Å²) in [6.45, 7) is 0.0401. The van der Waals surface area contributed by atoms with Crippen LogP contribution in [0, 0.1) is 5.82 Å². The van der Waals surface area contributed by atoms with E-state index in [-0.39, 0.29) is 18.3 Å². The summed E-state index contributed by atoms with van der Waals surface area (Å²) < 4.78 is 14.2. The van der Waals surface area contributed by atoms with Crippen molar-refractivity contribution in [2.45, 2.75) is 6.54 Å². The normalized spacial score (nSPS) is 10.1. The molecule has 0 spiro atoms. The first-order chi connectivity index (χ1) is 8.69. The van der Waals surface area contributed by atoms with E-state index in [1.807, 2.05) is 0 Å². The van der Waals surface area contributed by atoms with Gasteiger partial charge >= 0.3 is 0 Å². The molecule has 1 aromatic heterocycles. The van der Waals surface area contributed by atoms with Crippen molar-refractivity contribution in [3.8, 4) is 0 Å². The number of amides is 1. The zero-order valence-corrected chi connectivity index (χ0v) is 9.47. The van der Waals surface area contributed by atoms with Crippen LogP contribution in [0.3, 0.4) is 0 Å². The molecule has 4 nitrogen and oxygen atoms in total. The first-order valence-corrected chi connectivity index (χ1v) is 5.35. The molecule has 2 rings (SSSR count). The third kappa shape index (κ3) is 2.82. The summed E-state index contributed by atoms with van der Waals surface area (Å²) in [5.41, 5.74) is 0.950. The van der Waals surface area contributed by atoms with Gasteiger partial charge in [0, 0.05) is 11.9 Å². The molecule has 0 unspecified atom stereocenters. The molecular formula is C13H11FN2O2. The van der Waals surface area contributed by atoms with Crippen LogP contribution in [-0.4, -0.2) is 16.8 Å². The quantitative estimate of drug-likeness (QED) is 0.840. The number of benzene rings is 1. The average molecular weight is 246 g/mol. The number of hydrogen-bond acceptors (Lipinski definition) is 2. The van der Waals surface area contributed by atoms with Crippen molar-refractivity contribution in [2.24, 2.45) is 0 Å². The Balaban J connectivity index is 2.01. The van der Waals surface area contributed by atoms with Crippen LogP contribution >= 0.6 is 0 Å². The van der Waals surface area contributed by atoms with Crippen LogP contribution in [0.25, 0.3) is 0 Å². The summed E-state index contributed by atoms with van der Waals surface area (Å²) in [5.74, 6) is -0.637. The van der Waals surface area contributed by atoms with E-state index in [1.54, 1.807) is 18.3 Å². The van der Waals surface area contributed by atoms with Gasteiger partial charge in [0.05, 0.1) is 5.69 Å². The SMILES string of the molecule is O=Cc1cccn1CC(=O)Nc1ccc(F)cc1. The van der Waals surface area contributed by atoms with E-state index in [1.165, 1.54) is 28.8 Å². The smallest absolute Gasteiger partial charge is 0.244 e. The minimum Gasteiger partial charge on any atom is -0.336 e. The summed E-state index contributed by atoms with van der Waals surface area (Å²) in [6, 6.07) is 8.80. The second kappa shape index (κ2) is 5.27. The van der Waals surface area contributed by atoms with Gasteiger partial charge in [-0.05, 0) is 36.4 Å². The van der Waals surface area contributed by atoms with E-state index in [4.69, 9.17) is 0 Å². The van der Waals surface area contributed by atoms with Crippen LogP contribution in [-0.2, 0) is 11.3 Å². The molecular weight excluding hydrogens is 235 g/mol. The maximum absolute atomic E-state index is 12.7. The van der Waals surface area contributed by atoms with Crippen LogP contribution in [0.1, 0.15) is 10.5 Å². The lowest BCUT2D eigenvalue weighted by molar-refractivity contribution is -0.116. The fourth-order valence-corrected chi connectivity index (χ4v) is 1.57. The van der Waals surface area contributed by atoms with Crippen LogP contribution in [0.5, 0.6) is 0 Å². The van der Waals surface area contributed by atoms with E-state index in [0.29, 0.717) is 17.7 Å². The van der Waals surface area contributed by atoms with Gasteiger partial charge in [-0.3, -0.25) is 9.59 Å². The van der Waals surface area contributed by atoms with Gasteiger partial charge in [-0.15, -0.1) is 0 Å². The van der Waals surface area contributed by atoms with Gasteiger partial charge in [0.1, 0.15) is 12.4 Å². The number of anilines is 1. The highest BCUT2D eigenvalue weighted by atomic mass is 19.1. The number of rotatable bonds is 4. The van der Waals surface area contributed by atoms with Gasteiger partial charge < -0.3 is 9.88 Å². The molecule has 0 atom stereocenters. The summed E-state index contributed by atoms with van der Waals surface area (Å²) in [5, 5.41) is 2.62. The first-order valence-electron chi connectivity index (χ1n) is 5.35. The Bertz CT molecular complexity index is 561. The van der Waals surface area contributed by atoms with Crippen LogP contribution in [0.4, 0.5) is 10.1 Å². The first kappa shape index (κ1) is 12.0. The number of aromatic nitrogens is 1. The molecule has 5 heteroatoms. The lowest BCUT2D eigenvalue weighted by Crippen LogP contribution is -2.19. The van der Waals surface area contributed by atoms with Crippen molar-refractivity contribution >= 4 is 17.9 Å². The molecule has 0 aliphatic heterocycles. The number of hydrogen-bond donors (Lipinski definition) is 1. The molecule has 1 N–H and O–H groups in total. The van der Waals surface area contributed by atoms with Crippen molar-refractivity contribution in [3.63, 3.8) is 0 Å². The Hall–Kier alpha value is -2.43. The zero-order valence-electron chi connectivity index (χ0n) is 9.47. The van der Waals surface area contributed by atoms with Crippen molar-refractivity contribution in [3.05, 3.63) is 54.1 Å². The standard InChI is InChI=1S/C13H11FN2O2/c14-10-3-5-11(6-4-10)15-13(18)8-16-7-1-2-12(16)9-17/h1-7,9H,8H2,(H,15,18). The van der Waals surface area contributed by atoms with Gasteiger partial charge in [0.2, 0.25) is 5.91 Å². The Morgan fingerprint density at radius 2 is 2.00 bits per heavy atom. The summed E-state index contributed by atoms with van der Waals surface area (Å²) in [4.78, 5) is 22.4. The largest absolute Gasteiger partial charge is 0.336 e. The molecule has 92 valence electrons. The molecule has 0 fully saturated rings. The van der Waals surface area contributed by atoms with E-state index >= 15 is 0 Å². The van der Waals surface area contributed by atoms with Gasteiger partial charge in [0.15, 0.2) is 6.29 Å². The topological polar surface area (TPSA) is 51.1 Å². The fourth-order valence-electron chi connectivity index (χ4n) is 1.57. The highest BCUT2D eigenvalue weighted by Gasteiger charge is 2.06. The summed E-state index contributed by atoms with van der Waals surface area (Å²) >= 11 is 0. The fraction of sp³-hybridized carbons (Fsp3) is 0.0769. The molecule has 0 aliphatic carbocycles. The number of halogens is 1. The lowest BCUT2D eigenvalue weighted by atomic mass is 10.3. The maximum atomic E-state index is 12.7. The molecule has 0 bridgehead atoms. The summed E-state index contributed by atoms with van der Waals surface area (Å²) in [7, 11) is 0. The third-order valence-electron chi connectivity index (χ3n) is 2.43. The summed E-state index contributed by atoms with van der Waals surface area (Å²) in [6.07, 6.45) is 2.33. The minimum absolute atomic E-state index is 0.0401. The van der Waals surface area contributed by atoms with E-state index in [0.717, 1.165) is 0 Å². The van der Waals surface area contributed by atoms with Crippen molar-refractivity contribution in [1.82, 2.24) is 4.57 Å². The second-order valence-corrected chi connectivity index (χ2v) is 3.73. The van der Waals surface area contributed by atoms with Crippen LogP contribution in [0.2, 0.25) is 0 Å². The molecule has 0 radical (unpaired) electrons. The van der Waals surface area contributed by atoms with E-state index in [2.05, 4.69) is 5.32 Å². The zero-order chi connectivity index (χ0) is 13.0. The van der Waals surface area contributed by atoms with Crippen LogP contribution in [0.15, 0.2) is 42.6 Å². The van der Waals surface area contributed by atoms with Gasteiger partial charge in [-0.2, -0.15) is 0 Å². The molecule has 1 amide bonds. The highest BCUT2D eigenvalue weighted by molar-refractivity contribution is 5.91. The van der Waals surface area contributed by atoms with E-state index in [9.17, 15) is 14.0 Å². The van der Waals surface area contributed by atoms with Gasteiger partial charge in [0.25, 0.3) is 0 Å².